The quantitative estimate of drug-likeness (QED) is 0.783. The predicted octanol–water partition coefficient (Wildman–Crippen LogP) is 2.91. The van der Waals surface area contributed by atoms with Crippen LogP contribution in [0.25, 0.3) is 0 Å². The number of fused-ring (bicyclic) bond motifs is 5. The molecule has 1 aromatic carbocycles. The number of aryl methyl sites for hydroxylation is 1. The summed E-state index contributed by atoms with van der Waals surface area (Å²) in [7, 11) is 0. The van der Waals surface area contributed by atoms with Crippen LogP contribution < -0.4 is 0 Å². The number of phenolic OH excluding ortho intramolecular Hbond substituents is 1. The summed E-state index contributed by atoms with van der Waals surface area (Å²) in [5.74, 6) is 0.337. The molecular weight excluding hydrogens is 295 g/mol. The maximum atomic E-state index is 14.6. The van der Waals surface area contributed by atoms with Crippen LogP contribution in [0.3, 0.4) is 0 Å². The number of benzene rings is 1. The van der Waals surface area contributed by atoms with Crippen molar-refractivity contribution in [2.24, 2.45) is 17.3 Å². The van der Waals surface area contributed by atoms with E-state index in [1.165, 1.54) is 0 Å². The first kappa shape index (κ1) is 15.1. The molecule has 4 heteroatoms. The molecule has 6 atom stereocenters. The van der Waals surface area contributed by atoms with Crippen LogP contribution in [0, 0.1) is 17.3 Å². The highest BCUT2D eigenvalue weighted by Crippen LogP contribution is 2.63. The van der Waals surface area contributed by atoms with E-state index >= 15 is 0 Å². The SMILES string of the molecule is C[C@]12CC[C@]3(C=O)c4ccc(O)cc4CC[C@H]3[C@@H]1C[C@@H](O)[C@@H]2F. The number of carbonyl (C=O) groups is 1. The summed E-state index contributed by atoms with van der Waals surface area (Å²) < 4.78 is 14.6. The Morgan fingerprint density at radius 1 is 1.30 bits per heavy atom. The van der Waals surface area contributed by atoms with Gasteiger partial charge in [0.15, 0.2) is 0 Å². The van der Waals surface area contributed by atoms with Crippen molar-refractivity contribution in [1.82, 2.24) is 0 Å². The number of hydrogen-bond donors (Lipinski definition) is 2. The Morgan fingerprint density at radius 2 is 2.09 bits per heavy atom. The molecule has 2 saturated carbocycles. The lowest BCUT2D eigenvalue weighted by Gasteiger charge is -2.54. The monoisotopic (exact) mass is 318 g/mol. The zero-order valence-electron chi connectivity index (χ0n) is 13.3. The Kier molecular flexibility index (Phi) is 3.15. The second-order valence-electron chi connectivity index (χ2n) is 7.96. The molecule has 0 aromatic heterocycles. The van der Waals surface area contributed by atoms with Gasteiger partial charge < -0.3 is 15.0 Å². The first-order valence-corrected chi connectivity index (χ1v) is 8.53. The van der Waals surface area contributed by atoms with Crippen LogP contribution in [-0.4, -0.2) is 28.8 Å². The summed E-state index contributed by atoms with van der Waals surface area (Å²) >= 11 is 0. The molecule has 0 radical (unpaired) electrons. The molecule has 0 aliphatic heterocycles. The van der Waals surface area contributed by atoms with Crippen molar-refractivity contribution in [3.8, 4) is 5.75 Å². The molecule has 0 unspecified atom stereocenters. The van der Waals surface area contributed by atoms with Gasteiger partial charge in [-0.3, -0.25) is 0 Å². The molecule has 2 N–H and O–H groups in total. The molecule has 3 aliphatic rings. The van der Waals surface area contributed by atoms with Crippen LogP contribution in [0.5, 0.6) is 5.75 Å². The van der Waals surface area contributed by atoms with E-state index in [1.807, 2.05) is 13.0 Å². The molecule has 23 heavy (non-hydrogen) atoms. The summed E-state index contributed by atoms with van der Waals surface area (Å²) in [5.41, 5.74) is 0.924. The summed E-state index contributed by atoms with van der Waals surface area (Å²) in [6.07, 6.45) is 2.26. The van der Waals surface area contributed by atoms with Crippen molar-refractivity contribution >= 4 is 6.29 Å². The van der Waals surface area contributed by atoms with Crippen molar-refractivity contribution in [2.75, 3.05) is 0 Å². The summed E-state index contributed by atoms with van der Waals surface area (Å²) in [4.78, 5) is 12.2. The average Bonchev–Trinajstić information content (AvgIpc) is 2.77. The second-order valence-corrected chi connectivity index (χ2v) is 7.96. The Bertz CT molecular complexity index is 660. The van der Waals surface area contributed by atoms with Gasteiger partial charge in [-0.05, 0) is 67.2 Å². The molecule has 0 amide bonds. The number of hydrogen-bond acceptors (Lipinski definition) is 3. The number of phenols is 1. The number of aliphatic hydroxyl groups is 1. The highest BCUT2D eigenvalue weighted by Gasteiger charge is 2.63. The molecule has 0 spiro atoms. The molecule has 4 rings (SSSR count). The molecular formula is C19H23FO3. The maximum absolute atomic E-state index is 14.6. The van der Waals surface area contributed by atoms with E-state index < -0.39 is 23.1 Å². The minimum Gasteiger partial charge on any atom is -0.508 e. The lowest BCUT2D eigenvalue weighted by molar-refractivity contribution is -0.121. The van der Waals surface area contributed by atoms with Gasteiger partial charge in [-0.25, -0.2) is 4.39 Å². The third-order valence-corrected chi connectivity index (χ3v) is 7.06. The van der Waals surface area contributed by atoms with Gasteiger partial charge in [0.25, 0.3) is 0 Å². The van der Waals surface area contributed by atoms with Crippen molar-refractivity contribution in [3.05, 3.63) is 29.3 Å². The first-order chi connectivity index (χ1) is 10.9. The number of aldehydes is 1. The van der Waals surface area contributed by atoms with E-state index in [4.69, 9.17) is 0 Å². The number of carbonyl (C=O) groups excluding carboxylic acids is 1. The highest BCUT2D eigenvalue weighted by molar-refractivity contribution is 5.72. The minimum atomic E-state index is -1.20. The number of aromatic hydroxyl groups is 1. The van der Waals surface area contributed by atoms with E-state index in [1.54, 1.807) is 12.1 Å². The first-order valence-electron chi connectivity index (χ1n) is 8.53. The highest BCUT2D eigenvalue weighted by atomic mass is 19.1. The zero-order valence-corrected chi connectivity index (χ0v) is 13.3. The molecule has 3 aliphatic carbocycles. The van der Waals surface area contributed by atoms with Gasteiger partial charge in [-0.1, -0.05) is 13.0 Å². The van der Waals surface area contributed by atoms with Gasteiger partial charge in [-0.15, -0.1) is 0 Å². The average molecular weight is 318 g/mol. The van der Waals surface area contributed by atoms with Crippen molar-refractivity contribution in [1.29, 1.82) is 0 Å². The smallest absolute Gasteiger partial charge is 0.131 e. The number of halogens is 1. The second kappa shape index (κ2) is 4.79. The molecule has 124 valence electrons. The number of aliphatic hydroxyl groups excluding tert-OH is 1. The van der Waals surface area contributed by atoms with Crippen LogP contribution >= 0.6 is 0 Å². The van der Waals surface area contributed by atoms with Gasteiger partial charge in [0.05, 0.1) is 11.5 Å². The van der Waals surface area contributed by atoms with Gasteiger partial charge >= 0.3 is 0 Å². The third-order valence-electron chi connectivity index (χ3n) is 7.06. The molecule has 0 heterocycles. The fraction of sp³-hybridized carbons (Fsp3) is 0.632. The summed E-state index contributed by atoms with van der Waals surface area (Å²) in [5, 5.41) is 19.8. The lowest BCUT2D eigenvalue weighted by Crippen LogP contribution is -2.53. The predicted molar refractivity (Wildman–Crippen MR) is 84.0 cm³/mol. The van der Waals surface area contributed by atoms with Crippen LogP contribution in [-0.2, 0) is 16.6 Å². The van der Waals surface area contributed by atoms with E-state index in [9.17, 15) is 19.4 Å². The minimum absolute atomic E-state index is 0.0356. The number of rotatable bonds is 1. The van der Waals surface area contributed by atoms with Crippen LogP contribution in [0.1, 0.15) is 43.7 Å². The Balaban J connectivity index is 1.83. The van der Waals surface area contributed by atoms with Crippen molar-refractivity contribution in [2.45, 2.75) is 56.7 Å². The Labute approximate surface area is 135 Å². The van der Waals surface area contributed by atoms with Crippen LogP contribution in [0.4, 0.5) is 4.39 Å². The molecule has 0 bridgehead atoms. The zero-order chi connectivity index (χ0) is 16.4. The Morgan fingerprint density at radius 3 is 2.83 bits per heavy atom. The van der Waals surface area contributed by atoms with E-state index in [0.29, 0.717) is 19.3 Å². The fourth-order valence-corrected chi connectivity index (χ4v) is 5.82. The summed E-state index contributed by atoms with van der Waals surface area (Å²) in [6.45, 7) is 1.94. The van der Waals surface area contributed by atoms with Gasteiger partial charge in [0.2, 0.25) is 0 Å². The van der Waals surface area contributed by atoms with Crippen LogP contribution in [0.15, 0.2) is 18.2 Å². The number of alkyl halides is 1. The summed E-state index contributed by atoms with van der Waals surface area (Å²) in [6, 6.07) is 5.26. The van der Waals surface area contributed by atoms with Crippen LogP contribution in [0.2, 0.25) is 0 Å². The fourth-order valence-electron chi connectivity index (χ4n) is 5.82. The van der Waals surface area contributed by atoms with Crippen molar-refractivity contribution < 1.29 is 19.4 Å². The standard InChI is InChI=1S/C19H23FO3/c1-18-6-7-19(10-21)13-5-3-12(22)8-11(13)2-4-14(19)15(18)9-16(23)17(18)20/h3,5,8,10,14-17,22-23H,2,4,6-7,9H2,1H3/t14-,15-,16+,17-,18-,19-/m0/s1. The molecule has 3 nitrogen and oxygen atoms in total. The maximum Gasteiger partial charge on any atom is 0.131 e. The lowest BCUT2D eigenvalue weighted by atomic mass is 9.49. The Hall–Kier alpha value is -1.42. The van der Waals surface area contributed by atoms with Crippen molar-refractivity contribution in [3.63, 3.8) is 0 Å². The van der Waals surface area contributed by atoms with Gasteiger partial charge in [0.1, 0.15) is 18.2 Å². The van der Waals surface area contributed by atoms with E-state index in [2.05, 4.69) is 0 Å². The molecule has 1 aromatic rings. The molecule has 2 fully saturated rings. The molecule has 0 saturated heterocycles. The largest absolute Gasteiger partial charge is 0.508 e. The third kappa shape index (κ3) is 1.81. The van der Waals surface area contributed by atoms with Gasteiger partial charge in [0, 0.05) is 5.41 Å². The van der Waals surface area contributed by atoms with Gasteiger partial charge in [-0.2, -0.15) is 0 Å². The topological polar surface area (TPSA) is 57.5 Å². The normalized spacial score (nSPS) is 45.0. The van der Waals surface area contributed by atoms with E-state index in [-0.39, 0.29) is 17.6 Å². The van der Waals surface area contributed by atoms with E-state index in [0.717, 1.165) is 30.3 Å².